The monoisotopic (exact) mass is 470 g/mol. The van der Waals surface area contributed by atoms with Crippen molar-refractivity contribution in [3.05, 3.63) is 51.8 Å². The average molecular weight is 471 g/mol. The van der Waals surface area contributed by atoms with Gasteiger partial charge in [0.1, 0.15) is 4.21 Å². The van der Waals surface area contributed by atoms with Gasteiger partial charge >= 0.3 is 0 Å². The molecule has 27 heavy (non-hydrogen) atoms. The fourth-order valence-electron chi connectivity index (χ4n) is 3.36. The van der Waals surface area contributed by atoms with E-state index < -0.39 is 10.0 Å². The molecular weight excluding hydrogens is 448 g/mol. The van der Waals surface area contributed by atoms with E-state index in [1.54, 1.807) is 24.1 Å². The van der Waals surface area contributed by atoms with Gasteiger partial charge in [0, 0.05) is 20.1 Å². The van der Waals surface area contributed by atoms with Crippen LogP contribution < -0.4 is 0 Å². The van der Waals surface area contributed by atoms with Crippen molar-refractivity contribution in [2.45, 2.75) is 30.0 Å². The molecular formula is C19H23BrN2O3S2. The summed E-state index contributed by atoms with van der Waals surface area (Å²) in [4.78, 5) is 14.8. The lowest BCUT2D eigenvalue weighted by atomic mass is 9.97. The summed E-state index contributed by atoms with van der Waals surface area (Å²) in [5.41, 5.74) is 1.07. The summed E-state index contributed by atoms with van der Waals surface area (Å²) in [6.45, 7) is 2.69. The summed E-state index contributed by atoms with van der Waals surface area (Å²) in [5.74, 6) is -0.313. The maximum Gasteiger partial charge on any atom is 0.252 e. The molecule has 2 heterocycles. The zero-order valence-corrected chi connectivity index (χ0v) is 18.6. The third kappa shape index (κ3) is 4.45. The minimum Gasteiger partial charge on any atom is -0.339 e. The molecule has 2 unspecified atom stereocenters. The molecule has 0 saturated carbocycles. The second-order valence-electron chi connectivity index (χ2n) is 6.80. The van der Waals surface area contributed by atoms with E-state index in [4.69, 9.17) is 0 Å². The lowest BCUT2D eigenvalue weighted by Gasteiger charge is -2.35. The first-order valence-electron chi connectivity index (χ1n) is 8.88. The highest BCUT2D eigenvalue weighted by atomic mass is 79.9. The molecule has 1 saturated heterocycles. The van der Waals surface area contributed by atoms with Gasteiger partial charge in [-0.05, 0) is 53.4 Å². The smallest absolute Gasteiger partial charge is 0.252 e. The standard InChI is InChI=1S/C19H23BrN2O3S2/c1-14(15-7-4-3-5-8-15)21(2)19(23)16-9-6-12-22(13-16)27(24,25)18-11-10-17(20)26-18/h3-5,7-8,10-11,14,16H,6,9,12-13H2,1-2H3. The maximum atomic E-state index is 13.0. The van der Waals surface area contributed by atoms with Gasteiger partial charge in [-0.15, -0.1) is 11.3 Å². The summed E-state index contributed by atoms with van der Waals surface area (Å²) in [7, 11) is -1.76. The molecule has 2 aromatic rings. The van der Waals surface area contributed by atoms with Crippen LogP contribution in [0.15, 0.2) is 50.5 Å². The molecule has 0 spiro atoms. The van der Waals surface area contributed by atoms with E-state index in [0.29, 0.717) is 23.6 Å². The number of halogens is 1. The number of piperidine rings is 1. The van der Waals surface area contributed by atoms with Crippen molar-refractivity contribution in [3.8, 4) is 0 Å². The lowest BCUT2D eigenvalue weighted by Crippen LogP contribution is -2.46. The molecule has 0 aliphatic carbocycles. The Bertz CT molecular complexity index is 899. The topological polar surface area (TPSA) is 57.7 Å². The van der Waals surface area contributed by atoms with Crippen LogP contribution in [0.3, 0.4) is 0 Å². The van der Waals surface area contributed by atoms with Crippen molar-refractivity contribution < 1.29 is 13.2 Å². The number of hydrogen-bond donors (Lipinski definition) is 0. The van der Waals surface area contributed by atoms with Crippen LogP contribution in [0.1, 0.15) is 31.4 Å². The normalized spacial score (nSPS) is 19.6. The summed E-state index contributed by atoms with van der Waals surface area (Å²) in [5, 5.41) is 0. The largest absolute Gasteiger partial charge is 0.339 e. The minimum absolute atomic E-state index is 0.00128. The van der Waals surface area contributed by atoms with Gasteiger partial charge in [0.25, 0.3) is 10.0 Å². The Kier molecular flexibility index (Phi) is 6.40. The van der Waals surface area contributed by atoms with Gasteiger partial charge in [0.15, 0.2) is 0 Å². The van der Waals surface area contributed by atoms with Crippen LogP contribution in [-0.4, -0.2) is 43.7 Å². The molecule has 1 aliphatic heterocycles. The molecule has 3 rings (SSSR count). The van der Waals surface area contributed by atoms with Crippen molar-refractivity contribution in [1.82, 2.24) is 9.21 Å². The van der Waals surface area contributed by atoms with Crippen LogP contribution in [0, 0.1) is 5.92 Å². The summed E-state index contributed by atoms with van der Waals surface area (Å²) < 4.78 is 28.3. The fourth-order valence-corrected chi connectivity index (χ4v) is 7.05. The van der Waals surface area contributed by atoms with Crippen molar-refractivity contribution in [1.29, 1.82) is 0 Å². The number of amides is 1. The van der Waals surface area contributed by atoms with E-state index in [0.717, 1.165) is 9.35 Å². The van der Waals surface area contributed by atoms with Crippen LogP contribution in [0.4, 0.5) is 0 Å². The van der Waals surface area contributed by atoms with Crippen LogP contribution in [0.2, 0.25) is 0 Å². The van der Waals surface area contributed by atoms with Crippen molar-refractivity contribution >= 4 is 43.2 Å². The first kappa shape index (κ1) is 20.5. The van der Waals surface area contributed by atoms with E-state index in [-0.39, 0.29) is 24.4 Å². The van der Waals surface area contributed by atoms with Gasteiger partial charge in [-0.2, -0.15) is 4.31 Å². The van der Waals surface area contributed by atoms with Gasteiger partial charge < -0.3 is 4.90 Å². The minimum atomic E-state index is -3.55. The van der Waals surface area contributed by atoms with Crippen LogP contribution in [0.5, 0.6) is 0 Å². The SMILES string of the molecule is CC(c1ccccc1)N(C)C(=O)C1CCCN(S(=O)(=O)c2ccc(Br)s2)C1. The number of carbonyl (C=O) groups excluding carboxylic acids is 1. The van der Waals surface area contributed by atoms with Crippen molar-refractivity contribution in [3.63, 3.8) is 0 Å². The van der Waals surface area contributed by atoms with E-state index in [1.807, 2.05) is 37.3 Å². The van der Waals surface area contributed by atoms with E-state index in [9.17, 15) is 13.2 Å². The Balaban J connectivity index is 1.73. The molecule has 0 bridgehead atoms. The number of thiophene rings is 1. The molecule has 1 aliphatic rings. The zero-order valence-electron chi connectivity index (χ0n) is 15.3. The number of benzene rings is 1. The first-order chi connectivity index (χ1) is 12.8. The van der Waals surface area contributed by atoms with E-state index in [2.05, 4.69) is 15.9 Å². The molecule has 0 N–H and O–H groups in total. The molecule has 146 valence electrons. The first-order valence-corrected chi connectivity index (χ1v) is 11.9. The van der Waals surface area contributed by atoms with Crippen LogP contribution in [0.25, 0.3) is 0 Å². The Morgan fingerprint density at radius 2 is 1.96 bits per heavy atom. The lowest BCUT2D eigenvalue weighted by molar-refractivity contribution is -0.137. The summed E-state index contributed by atoms with van der Waals surface area (Å²) in [6, 6.07) is 13.2. The second kappa shape index (κ2) is 8.43. The van der Waals surface area contributed by atoms with Crippen molar-refractivity contribution in [2.75, 3.05) is 20.1 Å². The van der Waals surface area contributed by atoms with E-state index >= 15 is 0 Å². The van der Waals surface area contributed by atoms with Gasteiger partial charge in [-0.1, -0.05) is 30.3 Å². The second-order valence-corrected chi connectivity index (χ2v) is 11.4. The number of sulfonamides is 1. The van der Waals surface area contributed by atoms with Gasteiger partial charge in [0.2, 0.25) is 5.91 Å². The zero-order chi connectivity index (χ0) is 19.6. The van der Waals surface area contributed by atoms with Crippen LogP contribution >= 0.6 is 27.3 Å². The van der Waals surface area contributed by atoms with Gasteiger partial charge in [-0.25, -0.2) is 8.42 Å². The maximum absolute atomic E-state index is 13.0. The third-order valence-electron chi connectivity index (χ3n) is 5.09. The molecule has 8 heteroatoms. The number of rotatable bonds is 5. The number of nitrogens with zero attached hydrogens (tertiary/aromatic N) is 2. The summed E-state index contributed by atoms with van der Waals surface area (Å²) in [6.07, 6.45) is 1.40. The van der Waals surface area contributed by atoms with Crippen LogP contribution in [-0.2, 0) is 14.8 Å². The highest BCUT2D eigenvalue weighted by molar-refractivity contribution is 9.11. The highest BCUT2D eigenvalue weighted by Gasteiger charge is 2.35. The Morgan fingerprint density at radius 3 is 2.59 bits per heavy atom. The quantitative estimate of drug-likeness (QED) is 0.659. The Hall–Kier alpha value is -1.22. The van der Waals surface area contributed by atoms with Gasteiger partial charge in [-0.3, -0.25) is 4.79 Å². The number of carbonyl (C=O) groups is 1. The predicted octanol–water partition coefficient (Wildman–Crippen LogP) is 4.13. The molecule has 1 amide bonds. The molecule has 1 fully saturated rings. The molecule has 2 atom stereocenters. The van der Waals surface area contributed by atoms with Gasteiger partial charge in [0.05, 0.1) is 15.7 Å². The van der Waals surface area contributed by atoms with Crippen molar-refractivity contribution in [2.24, 2.45) is 5.92 Å². The average Bonchev–Trinajstić information content (AvgIpc) is 3.14. The molecule has 5 nitrogen and oxygen atoms in total. The number of hydrogen-bond acceptors (Lipinski definition) is 4. The third-order valence-corrected chi connectivity index (χ3v) is 9.04. The summed E-state index contributed by atoms with van der Waals surface area (Å²) >= 11 is 4.51. The predicted molar refractivity (Wildman–Crippen MR) is 111 cm³/mol. The Labute approximate surface area is 173 Å². The Morgan fingerprint density at radius 1 is 1.26 bits per heavy atom. The molecule has 1 aromatic carbocycles. The van der Waals surface area contributed by atoms with E-state index in [1.165, 1.54) is 15.6 Å². The molecule has 0 radical (unpaired) electrons. The molecule has 1 aromatic heterocycles. The fraction of sp³-hybridized carbons (Fsp3) is 0.421. The highest BCUT2D eigenvalue weighted by Crippen LogP contribution is 2.32.